The van der Waals surface area contributed by atoms with Gasteiger partial charge < -0.3 is 80.4 Å². The molecule has 0 bridgehead atoms. The van der Waals surface area contributed by atoms with E-state index in [4.69, 9.17) is 22.9 Å². The Bertz CT molecular complexity index is 3170. The highest BCUT2D eigenvalue weighted by Crippen LogP contribution is 2.22. The van der Waals surface area contributed by atoms with Crippen molar-refractivity contribution in [2.45, 2.75) is 126 Å². The Morgan fingerprint density at radius 2 is 0.941 bits per heavy atom. The highest BCUT2D eigenvalue weighted by atomic mass is 32.2. The summed E-state index contributed by atoms with van der Waals surface area (Å²) in [5, 5.41) is 23.6. The van der Waals surface area contributed by atoms with Crippen molar-refractivity contribution in [3.8, 4) is 0 Å². The van der Waals surface area contributed by atoms with Gasteiger partial charge in [-0.05, 0) is 106 Å². The minimum absolute atomic E-state index is 0.000799. The van der Waals surface area contributed by atoms with E-state index in [2.05, 4.69) is 62.5 Å². The molecular formula is C59H80N16O9S. The number of rotatable bonds is 36. The van der Waals surface area contributed by atoms with Gasteiger partial charge in [-0.3, -0.25) is 43.2 Å². The molecule has 3 heterocycles. The fourth-order valence-corrected chi connectivity index (χ4v) is 10.2. The average molecular weight is 1190 g/mol. The molecule has 6 rings (SSSR count). The van der Waals surface area contributed by atoms with Crippen molar-refractivity contribution in [1.29, 1.82) is 0 Å². The van der Waals surface area contributed by atoms with Crippen molar-refractivity contribution >= 4 is 86.7 Å². The number of nitrogens with zero attached hydrogens (tertiary/aromatic N) is 1. The molecule has 3 aromatic heterocycles. The van der Waals surface area contributed by atoms with Crippen molar-refractivity contribution in [1.82, 2.24) is 62.5 Å². The molecule has 0 saturated carbocycles. The zero-order valence-corrected chi connectivity index (χ0v) is 48.7. The number of amides is 9. The van der Waals surface area contributed by atoms with E-state index in [-0.39, 0.29) is 58.0 Å². The minimum Gasteiger partial charge on any atom is -0.368 e. The van der Waals surface area contributed by atoms with E-state index in [0.29, 0.717) is 60.4 Å². The number of thioether (sulfide) groups is 1. The van der Waals surface area contributed by atoms with E-state index in [9.17, 15) is 38.4 Å². The molecule has 25 nitrogen and oxygen atoms in total. The van der Waals surface area contributed by atoms with Gasteiger partial charge in [-0.25, -0.2) is 4.98 Å². The largest absolute Gasteiger partial charge is 0.368 e. The maximum Gasteiger partial charge on any atom is 0.243 e. The van der Waals surface area contributed by atoms with Gasteiger partial charge in [-0.15, -0.1) is 0 Å². The number of imidazole rings is 1. The summed E-state index contributed by atoms with van der Waals surface area (Å²) in [6, 6.07) is 13.7. The van der Waals surface area contributed by atoms with Crippen LogP contribution < -0.4 is 65.5 Å². The second-order valence-electron chi connectivity index (χ2n) is 20.8. The summed E-state index contributed by atoms with van der Waals surface area (Å²) in [5.74, 6) is -6.00. The number of aromatic amines is 3. The van der Waals surface area contributed by atoms with E-state index < -0.39 is 101 Å². The first kappa shape index (κ1) is 65.6. The van der Waals surface area contributed by atoms with E-state index in [0.717, 1.165) is 21.8 Å². The summed E-state index contributed by atoms with van der Waals surface area (Å²) in [4.78, 5) is 139. The van der Waals surface area contributed by atoms with Crippen molar-refractivity contribution in [3.63, 3.8) is 0 Å². The van der Waals surface area contributed by atoms with Crippen molar-refractivity contribution in [3.05, 3.63) is 126 Å². The number of nitrogens with one attached hydrogen (secondary N) is 11. The third-order valence-corrected chi connectivity index (χ3v) is 15.0. The van der Waals surface area contributed by atoms with Crippen LogP contribution in [0.1, 0.15) is 74.3 Å². The molecule has 0 aliphatic rings. The second-order valence-corrected chi connectivity index (χ2v) is 21.8. The summed E-state index contributed by atoms with van der Waals surface area (Å²) in [5.41, 5.74) is 26.8. The fourth-order valence-electron chi connectivity index (χ4n) is 9.68. The standard InChI is InChI=1S/C59H80N16O9S/c1-35(68-54(79)46(22-25-85-2)69-51(76)30-62)53(78)72-50(29-39-33-64-34-67-39)59(84)75-48(27-37-31-65-42-18-8-6-16-40(37)42)57(82)71-45(21-11-13-24-61)55(80)74-49(28-38-32-66-43-19-9-7-17-41(38)43)58(83)73-47(26-36-14-4-3-5-15-36)56(81)70-44(52(63)77)20-10-12-23-60/h3-9,14-19,31-35,44-50,65-66H,10-13,20-30,60-62H2,1-2H3,(H2,63,77)(H,64,67)(H,68,79)(H,69,76)(H,70,81)(H,71,82)(H,72,78)(H,73,83)(H,74,80)(H,75,84)/t35-,44-,45+,46-,47+,48+,49-,50-/m0/s1. The van der Waals surface area contributed by atoms with Crippen LogP contribution in [0.25, 0.3) is 21.8 Å². The Labute approximate surface area is 497 Å². The number of fused-ring (bicyclic) bond motifs is 2. The number of carbonyl (C=O) groups is 9. The van der Waals surface area contributed by atoms with Gasteiger partial charge in [-0.1, -0.05) is 66.7 Å². The lowest BCUT2D eigenvalue weighted by atomic mass is 10.00. The molecule has 26 heteroatoms. The molecule has 0 aliphatic carbocycles. The summed E-state index contributed by atoms with van der Waals surface area (Å²) < 4.78 is 0. The second kappa shape index (κ2) is 33.6. The Morgan fingerprint density at radius 3 is 1.45 bits per heavy atom. The molecule has 0 spiro atoms. The van der Waals surface area contributed by atoms with Crippen LogP contribution in [-0.4, -0.2) is 153 Å². The van der Waals surface area contributed by atoms with Crippen LogP contribution in [0.5, 0.6) is 0 Å². The predicted molar refractivity (Wildman–Crippen MR) is 325 cm³/mol. The third-order valence-electron chi connectivity index (χ3n) is 14.4. The number of para-hydroxylation sites is 2. The number of aromatic nitrogens is 4. The lowest BCUT2D eigenvalue weighted by molar-refractivity contribution is -0.135. The van der Waals surface area contributed by atoms with Gasteiger partial charge in [0.25, 0.3) is 0 Å². The molecule has 19 N–H and O–H groups in total. The lowest BCUT2D eigenvalue weighted by Crippen LogP contribution is -2.61. The normalized spacial score (nSPS) is 14.1. The van der Waals surface area contributed by atoms with Crippen molar-refractivity contribution in [2.24, 2.45) is 22.9 Å². The molecule has 8 atom stereocenters. The first-order chi connectivity index (χ1) is 41.0. The Hall–Kier alpha value is -8.59. The topological polar surface area (TPSA) is 414 Å². The van der Waals surface area contributed by atoms with Gasteiger partial charge in [0.2, 0.25) is 53.2 Å². The fraction of sp³-hybridized carbons (Fsp3) is 0.424. The van der Waals surface area contributed by atoms with Gasteiger partial charge in [0.15, 0.2) is 0 Å². The van der Waals surface area contributed by atoms with E-state index in [1.165, 1.54) is 31.2 Å². The number of carbonyl (C=O) groups excluding carboxylic acids is 9. The van der Waals surface area contributed by atoms with Crippen LogP contribution in [-0.2, 0) is 68.8 Å². The Morgan fingerprint density at radius 1 is 0.494 bits per heavy atom. The monoisotopic (exact) mass is 1190 g/mol. The molecule has 85 heavy (non-hydrogen) atoms. The van der Waals surface area contributed by atoms with E-state index in [1.807, 2.05) is 54.8 Å². The number of unbranched alkanes of at least 4 members (excludes halogenated alkanes) is 2. The van der Waals surface area contributed by atoms with Crippen molar-refractivity contribution < 1.29 is 43.2 Å². The average Bonchev–Trinajstić information content (AvgIpc) is 3.05. The zero-order chi connectivity index (χ0) is 61.3. The molecule has 0 radical (unpaired) electrons. The summed E-state index contributed by atoms with van der Waals surface area (Å²) in [7, 11) is 0. The van der Waals surface area contributed by atoms with Crippen LogP contribution in [0, 0.1) is 0 Å². The van der Waals surface area contributed by atoms with Crippen LogP contribution >= 0.6 is 11.8 Å². The van der Waals surface area contributed by atoms with E-state index in [1.54, 1.807) is 42.7 Å². The van der Waals surface area contributed by atoms with Gasteiger partial charge in [0.1, 0.15) is 48.3 Å². The number of nitrogens with two attached hydrogens (primary N) is 4. The smallest absolute Gasteiger partial charge is 0.243 e. The predicted octanol–water partition coefficient (Wildman–Crippen LogP) is -0.00370. The summed E-state index contributed by atoms with van der Waals surface area (Å²) >= 11 is 1.46. The maximum atomic E-state index is 15.1. The zero-order valence-electron chi connectivity index (χ0n) is 47.9. The van der Waals surface area contributed by atoms with Crippen LogP contribution in [0.15, 0.2) is 104 Å². The first-order valence-electron chi connectivity index (χ1n) is 28.4. The molecule has 0 fully saturated rings. The molecular weight excluding hydrogens is 1110 g/mol. The van der Waals surface area contributed by atoms with Crippen LogP contribution in [0.2, 0.25) is 0 Å². The van der Waals surface area contributed by atoms with Gasteiger partial charge in [0, 0.05) is 71.8 Å². The molecule has 456 valence electrons. The molecule has 0 saturated heterocycles. The van der Waals surface area contributed by atoms with Gasteiger partial charge in [-0.2, -0.15) is 11.8 Å². The molecule has 3 aromatic carbocycles. The number of H-pyrrole nitrogens is 3. The Balaban J connectivity index is 1.30. The number of hydrogen-bond donors (Lipinski definition) is 15. The first-order valence-corrected chi connectivity index (χ1v) is 29.8. The SMILES string of the molecule is CSCC[C@H](NC(=O)CN)C(=O)N[C@@H](C)C(=O)N[C@@H](Cc1cnc[nH]1)C(=O)N[C@H](Cc1c[nH]c2ccccc12)C(=O)N[C@H](CCCCN)C(=O)N[C@@H](Cc1c[nH]c2ccccc12)C(=O)N[C@H](Cc1ccccc1)C(=O)N[C@@H](CCCCN)C(N)=O. The van der Waals surface area contributed by atoms with Gasteiger partial charge >= 0.3 is 0 Å². The summed E-state index contributed by atoms with van der Waals surface area (Å²) in [6.07, 6.45) is 10.2. The minimum atomic E-state index is -1.40. The molecule has 0 aliphatic heterocycles. The Kier molecular flexibility index (Phi) is 25.9. The highest BCUT2D eigenvalue weighted by Gasteiger charge is 2.35. The highest BCUT2D eigenvalue weighted by molar-refractivity contribution is 7.98. The third kappa shape index (κ3) is 20.0. The van der Waals surface area contributed by atoms with Crippen molar-refractivity contribution in [2.75, 3.05) is 31.6 Å². The number of hydrogen-bond acceptors (Lipinski definition) is 14. The maximum absolute atomic E-state index is 15.1. The van der Waals surface area contributed by atoms with Crippen LogP contribution in [0.4, 0.5) is 0 Å². The van der Waals surface area contributed by atoms with Crippen LogP contribution in [0.3, 0.4) is 0 Å². The molecule has 9 amide bonds. The quantitative estimate of drug-likeness (QED) is 0.0230. The number of primary amides is 1. The van der Waals surface area contributed by atoms with E-state index >= 15 is 4.79 Å². The molecule has 0 unspecified atom stereocenters. The summed E-state index contributed by atoms with van der Waals surface area (Å²) in [6.45, 7) is 1.70. The van der Waals surface area contributed by atoms with Gasteiger partial charge in [0.05, 0.1) is 12.9 Å². The number of benzene rings is 3. The lowest BCUT2D eigenvalue weighted by Gasteiger charge is -2.28. The molecule has 6 aromatic rings.